The number of amides is 1. The summed E-state index contributed by atoms with van der Waals surface area (Å²) in [5.41, 5.74) is 2.90. The van der Waals surface area contributed by atoms with Gasteiger partial charge in [-0.15, -0.1) is 0 Å². The first kappa shape index (κ1) is 28.5. The molecule has 1 saturated heterocycles. The lowest BCUT2D eigenvalue weighted by Crippen LogP contribution is -2.44. The molecule has 0 radical (unpaired) electrons. The first-order chi connectivity index (χ1) is 20.0. The Morgan fingerprint density at radius 3 is 2.73 bits per heavy atom. The number of aromatic nitrogens is 2. The summed E-state index contributed by atoms with van der Waals surface area (Å²) in [4.78, 5) is 39.1. The number of aliphatic carboxylic acids is 1. The van der Waals surface area contributed by atoms with E-state index in [2.05, 4.69) is 16.9 Å². The molecule has 2 aliphatic heterocycles. The van der Waals surface area contributed by atoms with Crippen LogP contribution in [0.4, 0.5) is 5.69 Å². The maximum Gasteiger partial charge on any atom is 0.308 e. The minimum atomic E-state index is -0.922. The number of fused-ring (bicyclic) bond motifs is 1. The van der Waals surface area contributed by atoms with Gasteiger partial charge in [0.15, 0.2) is 11.5 Å². The predicted molar refractivity (Wildman–Crippen MR) is 152 cm³/mol. The van der Waals surface area contributed by atoms with E-state index in [0.717, 1.165) is 29.8 Å². The van der Waals surface area contributed by atoms with Crippen molar-refractivity contribution in [2.45, 2.75) is 51.2 Å². The van der Waals surface area contributed by atoms with Crippen LogP contribution in [0.15, 0.2) is 61.1 Å². The molecule has 0 unspecified atom stereocenters. The van der Waals surface area contributed by atoms with Crippen molar-refractivity contribution in [3.05, 3.63) is 77.9 Å². The van der Waals surface area contributed by atoms with Gasteiger partial charge in [-0.2, -0.15) is 0 Å². The second kappa shape index (κ2) is 13.1. The normalized spacial score (nSPS) is 19.8. The zero-order valence-electron chi connectivity index (χ0n) is 23.2. The van der Waals surface area contributed by atoms with Crippen molar-refractivity contribution in [3.63, 3.8) is 0 Å². The number of carbonyl (C=O) groups excluding carboxylic acids is 1. The van der Waals surface area contributed by atoms with Crippen LogP contribution < -0.4 is 14.4 Å². The van der Waals surface area contributed by atoms with Crippen LogP contribution in [0.3, 0.4) is 0 Å². The molecule has 0 bridgehead atoms. The lowest BCUT2D eigenvalue weighted by molar-refractivity contribution is -0.143. The Hall–Kier alpha value is -4.02. The number of benzene rings is 1. The fraction of sp³-hybridized carbons (Fsp3) is 0.419. The molecule has 10 nitrogen and oxygen atoms in total. The van der Waals surface area contributed by atoms with Crippen molar-refractivity contribution < 1.29 is 29.3 Å². The van der Waals surface area contributed by atoms with Crippen LogP contribution in [-0.2, 0) is 22.6 Å². The Balaban J connectivity index is 1.47. The number of carboxylic acids is 1. The standard InChI is InChI=1S/C31H36N4O6/c1-2-3-13-35(24-8-6-11-32-16-24)28(37)18-34-17-25(21-14-22(19-36)30-27(15-21)40-20-41-30)29(31(38)39)26(34)10-9-23-7-4-5-12-33-23/h4-8,11-12,14-16,25-26,29,36H,2-3,9-10,13,17-20H2,1H3,(H,38,39)/t25-,26+,29-/m1/s1. The summed E-state index contributed by atoms with van der Waals surface area (Å²) in [6, 6.07) is 12.6. The number of carbonyl (C=O) groups is 2. The first-order valence-electron chi connectivity index (χ1n) is 14.1. The Morgan fingerprint density at radius 2 is 2.02 bits per heavy atom. The number of anilines is 1. The average Bonchev–Trinajstić information content (AvgIpc) is 3.61. The van der Waals surface area contributed by atoms with Crippen LogP contribution in [0.2, 0.25) is 0 Å². The molecule has 10 heteroatoms. The molecule has 41 heavy (non-hydrogen) atoms. The number of ether oxygens (including phenoxy) is 2. The topological polar surface area (TPSA) is 125 Å². The highest BCUT2D eigenvalue weighted by Gasteiger charge is 2.47. The molecule has 3 atom stereocenters. The van der Waals surface area contributed by atoms with Crippen LogP contribution in [0.25, 0.3) is 0 Å². The maximum absolute atomic E-state index is 13.8. The van der Waals surface area contributed by atoms with E-state index >= 15 is 0 Å². The Kier molecular flexibility index (Phi) is 9.11. The average molecular weight is 561 g/mol. The summed E-state index contributed by atoms with van der Waals surface area (Å²) in [6.07, 6.45) is 7.96. The van der Waals surface area contributed by atoms with Crippen LogP contribution in [0.1, 0.15) is 48.9 Å². The minimum Gasteiger partial charge on any atom is -0.481 e. The van der Waals surface area contributed by atoms with E-state index < -0.39 is 23.8 Å². The summed E-state index contributed by atoms with van der Waals surface area (Å²) in [5, 5.41) is 20.5. The molecule has 2 aromatic heterocycles. The molecule has 2 aliphatic rings. The zero-order chi connectivity index (χ0) is 28.8. The number of aryl methyl sites for hydroxylation is 1. The smallest absolute Gasteiger partial charge is 0.308 e. The van der Waals surface area contributed by atoms with Gasteiger partial charge in [0.2, 0.25) is 12.7 Å². The molecular weight excluding hydrogens is 524 g/mol. The SMILES string of the molecule is CCCCN(C(=O)CN1C[C@H](c2cc(CO)c3c(c2)OCO3)[C@@H](C(=O)O)[C@@H]1CCc1ccccn1)c1cccnc1. The molecule has 5 rings (SSSR count). The molecular formula is C31H36N4O6. The molecule has 2 N–H and O–H groups in total. The number of hydrogen-bond acceptors (Lipinski definition) is 8. The lowest BCUT2D eigenvalue weighted by Gasteiger charge is -2.29. The highest BCUT2D eigenvalue weighted by Crippen LogP contribution is 2.44. The quantitative estimate of drug-likeness (QED) is 0.342. The third kappa shape index (κ3) is 6.34. The van der Waals surface area contributed by atoms with Crippen molar-refractivity contribution >= 4 is 17.6 Å². The zero-order valence-corrected chi connectivity index (χ0v) is 23.2. The third-order valence-corrected chi connectivity index (χ3v) is 7.96. The highest BCUT2D eigenvalue weighted by atomic mass is 16.7. The summed E-state index contributed by atoms with van der Waals surface area (Å²) in [6.45, 7) is 2.87. The molecule has 0 spiro atoms. The van der Waals surface area contributed by atoms with E-state index in [1.54, 1.807) is 29.6 Å². The summed E-state index contributed by atoms with van der Waals surface area (Å²) < 4.78 is 11.1. The summed E-state index contributed by atoms with van der Waals surface area (Å²) in [7, 11) is 0. The van der Waals surface area contributed by atoms with E-state index in [1.807, 2.05) is 41.3 Å². The lowest BCUT2D eigenvalue weighted by atomic mass is 9.83. The number of pyridine rings is 2. The van der Waals surface area contributed by atoms with Gasteiger partial charge in [-0.25, -0.2) is 0 Å². The number of likely N-dealkylation sites (tertiary alicyclic amines) is 1. The second-order valence-corrected chi connectivity index (χ2v) is 10.5. The summed E-state index contributed by atoms with van der Waals surface area (Å²) in [5.74, 6) is -1.23. The van der Waals surface area contributed by atoms with Crippen molar-refractivity contribution in [3.8, 4) is 11.5 Å². The summed E-state index contributed by atoms with van der Waals surface area (Å²) >= 11 is 0. The minimum absolute atomic E-state index is 0.0497. The number of aliphatic hydroxyl groups is 1. The van der Waals surface area contributed by atoms with Gasteiger partial charge in [0.1, 0.15) is 0 Å². The number of unbranched alkanes of at least 4 members (excludes halogenated alkanes) is 1. The van der Waals surface area contributed by atoms with Gasteiger partial charge in [-0.1, -0.05) is 19.4 Å². The molecule has 0 saturated carbocycles. The molecule has 1 fully saturated rings. The molecule has 0 aliphatic carbocycles. The molecule has 1 amide bonds. The number of nitrogens with zero attached hydrogens (tertiary/aromatic N) is 4. The van der Waals surface area contributed by atoms with E-state index in [0.29, 0.717) is 43.0 Å². The van der Waals surface area contributed by atoms with Crippen LogP contribution in [0, 0.1) is 5.92 Å². The van der Waals surface area contributed by atoms with Gasteiger partial charge in [-0.05, 0) is 61.2 Å². The van der Waals surface area contributed by atoms with Crippen LogP contribution >= 0.6 is 0 Å². The molecule has 216 valence electrons. The number of hydrogen-bond donors (Lipinski definition) is 2. The van der Waals surface area contributed by atoms with E-state index in [-0.39, 0.29) is 25.9 Å². The van der Waals surface area contributed by atoms with E-state index in [4.69, 9.17) is 9.47 Å². The van der Waals surface area contributed by atoms with Gasteiger partial charge in [0.05, 0.1) is 31.0 Å². The first-order valence-corrected chi connectivity index (χ1v) is 14.1. The second-order valence-electron chi connectivity index (χ2n) is 10.5. The largest absolute Gasteiger partial charge is 0.481 e. The van der Waals surface area contributed by atoms with Gasteiger partial charge in [0.25, 0.3) is 0 Å². The van der Waals surface area contributed by atoms with Crippen LogP contribution in [0.5, 0.6) is 11.5 Å². The Labute approximate surface area is 239 Å². The predicted octanol–water partition coefficient (Wildman–Crippen LogP) is 3.63. The number of rotatable bonds is 12. The van der Waals surface area contributed by atoms with Gasteiger partial charge in [0, 0.05) is 48.7 Å². The monoisotopic (exact) mass is 560 g/mol. The van der Waals surface area contributed by atoms with E-state index in [9.17, 15) is 19.8 Å². The van der Waals surface area contributed by atoms with Gasteiger partial charge < -0.3 is 24.6 Å². The number of aliphatic hydroxyl groups excluding tert-OH is 1. The van der Waals surface area contributed by atoms with Crippen molar-refractivity contribution in [1.82, 2.24) is 14.9 Å². The van der Waals surface area contributed by atoms with Gasteiger partial charge >= 0.3 is 5.97 Å². The molecule has 4 heterocycles. The number of carboxylic acid groups (broad SMARTS) is 1. The van der Waals surface area contributed by atoms with Crippen molar-refractivity contribution in [2.24, 2.45) is 5.92 Å². The van der Waals surface area contributed by atoms with Gasteiger partial charge in [-0.3, -0.25) is 24.5 Å². The Bertz CT molecular complexity index is 1340. The van der Waals surface area contributed by atoms with Crippen molar-refractivity contribution in [2.75, 3.05) is 31.3 Å². The fourth-order valence-corrected chi connectivity index (χ4v) is 5.96. The molecule has 1 aromatic carbocycles. The maximum atomic E-state index is 13.8. The molecule has 3 aromatic rings. The Morgan fingerprint density at radius 1 is 1.15 bits per heavy atom. The highest BCUT2D eigenvalue weighted by molar-refractivity contribution is 5.94. The van der Waals surface area contributed by atoms with Crippen molar-refractivity contribution in [1.29, 1.82) is 0 Å². The van der Waals surface area contributed by atoms with E-state index in [1.165, 1.54) is 0 Å². The fourth-order valence-electron chi connectivity index (χ4n) is 5.96. The third-order valence-electron chi connectivity index (χ3n) is 7.96. The van der Waals surface area contributed by atoms with Crippen LogP contribution in [-0.4, -0.2) is 69.4 Å².